The second kappa shape index (κ2) is 8.91. The van der Waals surface area contributed by atoms with Gasteiger partial charge in [0.15, 0.2) is 5.65 Å². The van der Waals surface area contributed by atoms with Gasteiger partial charge in [0.25, 0.3) is 5.91 Å². The lowest BCUT2D eigenvalue weighted by Gasteiger charge is -2.12. The van der Waals surface area contributed by atoms with E-state index in [0.29, 0.717) is 18.8 Å². The predicted molar refractivity (Wildman–Crippen MR) is 138 cm³/mol. The number of halogens is 2. The summed E-state index contributed by atoms with van der Waals surface area (Å²) >= 11 is 5.85. The quantitative estimate of drug-likeness (QED) is 0.187. The highest BCUT2D eigenvalue weighted by molar-refractivity contribution is 14.1. The number of nitrogens with one attached hydrogen (secondary N) is 3. The van der Waals surface area contributed by atoms with E-state index in [1.165, 1.54) is 0 Å². The minimum absolute atomic E-state index is 0.135. The van der Waals surface area contributed by atoms with Crippen LogP contribution in [0.2, 0.25) is 0 Å². The van der Waals surface area contributed by atoms with E-state index in [0.717, 1.165) is 41.7 Å². The van der Waals surface area contributed by atoms with E-state index >= 15 is 0 Å². The summed E-state index contributed by atoms with van der Waals surface area (Å²) in [5.41, 5.74) is 4.13. The van der Waals surface area contributed by atoms with Crippen molar-refractivity contribution in [3.05, 3.63) is 80.6 Å². The largest absolute Gasteiger partial charge is 0.368 e. The summed E-state index contributed by atoms with van der Waals surface area (Å²) in [6.07, 6.45) is 1.73. The maximum atomic E-state index is 12.5. The van der Waals surface area contributed by atoms with Gasteiger partial charge in [0.2, 0.25) is 0 Å². The number of benzene rings is 2. The molecule has 0 radical (unpaired) electrons. The number of hydrogen-bond acceptors (Lipinski definition) is 4. The molecule has 0 aliphatic carbocycles. The van der Waals surface area contributed by atoms with Crippen LogP contribution in [0.1, 0.15) is 10.5 Å². The van der Waals surface area contributed by atoms with Crippen LogP contribution in [0.15, 0.2) is 71.3 Å². The van der Waals surface area contributed by atoms with Gasteiger partial charge in [-0.05, 0) is 56.7 Å². The third kappa shape index (κ3) is 4.09. The first kappa shape index (κ1) is 21.0. The fourth-order valence-electron chi connectivity index (χ4n) is 3.53. The van der Waals surface area contributed by atoms with Crippen molar-refractivity contribution in [3.63, 3.8) is 0 Å². The molecule has 160 valence electrons. The monoisotopic (exact) mass is 600 g/mol. The highest BCUT2D eigenvalue weighted by Gasteiger charge is 2.13. The molecule has 0 atom stereocenters. The van der Waals surface area contributed by atoms with Gasteiger partial charge in [0, 0.05) is 39.2 Å². The zero-order chi connectivity index (χ0) is 22.1. The van der Waals surface area contributed by atoms with Crippen molar-refractivity contribution in [3.8, 4) is 11.3 Å². The van der Waals surface area contributed by atoms with E-state index in [9.17, 15) is 4.79 Å². The number of hydrogen-bond donors (Lipinski definition) is 3. The molecular formula is C23H18BrIN6O. The highest BCUT2D eigenvalue weighted by Crippen LogP contribution is 2.28. The van der Waals surface area contributed by atoms with E-state index in [-0.39, 0.29) is 5.91 Å². The number of anilines is 1. The molecule has 0 saturated carbocycles. The Balaban J connectivity index is 1.31. The lowest BCUT2D eigenvalue weighted by atomic mass is 10.1. The Hall–Kier alpha value is -2.92. The van der Waals surface area contributed by atoms with Crippen LogP contribution in [0.3, 0.4) is 0 Å². The number of nitrogens with zero attached hydrogens (tertiary/aromatic N) is 3. The Morgan fingerprint density at radius 1 is 1.09 bits per heavy atom. The van der Waals surface area contributed by atoms with Gasteiger partial charge >= 0.3 is 0 Å². The number of rotatable bonds is 6. The molecule has 1 amide bonds. The molecule has 5 aromatic rings. The molecule has 0 unspecified atom stereocenters. The molecule has 0 fully saturated rings. The van der Waals surface area contributed by atoms with E-state index in [1.54, 1.807) is 10.7 Å². The molecule has 0 saturated heterocycles. The number of H-pyrrole nitrogens is 1. The second-order valence-corrected chi connectivity index (χ2v) is 9.20. The fourth-order valence-corrected chi connectivity index (χ4v) is 4.54. The maximum absolute atomic E-state index is 12.5. The third-order valence-electron chi connectivity index (χ3n) is 5.07. The van der Waals surface area contributed by atoms with Crippen LogP contribution in [-0.2, 0) is 0 Å². The Morgan fingerprint density at radius 2 is 1.91 bits per heavy atom. The van der Waals surface area contributed by atoms with E-state index in [1.807, 2.05) is 48.5 Å². The summed E-state index contributed by atoms with van der Waals surface area (Å²) in [5, 5.41) is 11.8. The van der Waals surface area contributed by atoms with Crippen LogP contribution in [0.4, 0.5) is 5.82 Å². The molecule has 3 heterocycles. The molecule has 5 rings (SSSR count). The first-order chi connectivity index (χ1) is 15.6. The second-order valence-electron chi connectivity index (χ2n) is 7.19. The van der Waals surface area contributed by atoms with Gasteiger partial charge in [-0.3, -0.25) is 4.79 Å². The van der Waals surface area contributed by atoms with Crippen molar-refractivity contribution < 1.29 is 4.79 Å². The van der Waals surface area contributed by atoms with Crippen molar-refractivity contribution >= 4 is 66.8 Å². The zero-order valence-electron chi connectivity index (χ0n) is 16.8. The lowest BCUT2D eigenvalue weighted by molar-refractivity contribution is 0.0951. The lowest BCUT2D eigenvalue weighted by Crippen LogP contribution is -2.29. The van der Waals surface area contributed by atoms with Crippen LogP contribution in [0, 0.1) is 3.57 Å². The first-order valence-corrected chi connectivity index (χ1v) is 11.9. The molecule has 2 aromatic carbocycles. The van der Waals surface area contributed by atoms with Crippen molar-refractivity contribution in [2.75, 3.05) is 18.4 Å². The van der Waals surface area contributed by atoms with Gasteiger partial charge in [-0.2, -0.15) is 9.61 Å². The Bertz CT molecular complexity index is 1410. The van der Waals surface area contributed by atoms with Gasteiger partial charge in [-0.15, -0.1) is 0 Å². The number of carbonyl (C=O) groups excluding carboxylic acids is 1. The number of carbonyl (C=O) groups is 1. The van der Waals surface area contributed by atoms with E-state index < -0.39 is 0 Å². The molecule has 9 heteroatoms. The minimum Gasteiger partial charge on any atom is -0.368 e. The maximum Gasteiger partial charge on any atom is 0.267 e. The summed E-state index contributed by atoms with van der Waals surface area (Å²) in [5.74, 6) is 0.666. The summed E-state index contributed by atoms with van der Waals surface area (Å²) < 4.78 is 3.69. The highest BCUT2D eigenvalue weighted by atomic mass is 127. The topological polar surface area (TPSA) is 87.1 Å². The van der Waals surface area contributed by atoms with Crippen molar-refractivity contribution in [2.45, 2.75) is 0 Å². The third-order valence-corrected chi connectivity index (χ3v) is 6.57. The summed E-state index contributed by atoms with van der Waals surface area (Å²) in [6, 6.07) is 19.8. The molecule has 0 spiro atoms. The fraction of sp³-hybridized carbons (Fsp3) is 0.0870. The Morgan fingerprint density at radius 3 is 2.75 bits per heavy atom. The van der Waals surface area contributed by atoms with Gasteiger partial charge in [-0.25, -0.2) is 4.98 Å². The molecule has 0 aliphatic heterocycles. The van der Waals surface area contributed by atoms with Crippen LogP contribution in [0.25, 0.3) is 27.8 Å². The predicted octanol–water partition coefficient (Wildman–Crippen LogP) is 5.09. The first-order valence-electron chi connectivity index (χ1n) is 9.99. The zero-order valence-corrected chi connectivity index (χ0v) is 20.5. The Kier molecular flexibility index (Phi) is 5.83. The normalized spacial score (nSPS) is 11.2. The molecule has 3 aromatic heterocycles. The van der Waals surface area contributed by atoms with Crippen LogP contribution in [0.5, 0.6) is 0 Å². The van der Waals surface area contributed by atoms with Crippen molar-refractivity contribution in [1.29, 1.82) is 0 Å². The number of para-hydroxylation sites is 1. The van der Waals surface area contributed by atoms with Gasteiger partial charge < -0.3 is 15.6 Å². The molecule has 0 aliphatic rings. The number of aromatic amines is 1. The van der Waals surface area contributed by atoms with Gasteiger partial charge in [0.1, 0.15) is 11.5 Å². The van der Waals surface area contributed by atoms with Crippen LogP contribution >= 0.6 is 38.5 Å². The molecule has 0 bridgehead atoms. The smallest absolute Gasteiger partial charge is 0.267 e. The average molecular weight is 601 g/mol. The summed E-state index contributed by atoms with van der Waals surface area (Å²) in [7, 11) is 0. The van der Waals surface area contributed by atoms with Crippen molar-refractivity contribution in [2.24, 2.45) is 0 Å². The average Bonchev–Trinajstić information content (AvgIpc) is 3.41. The van der Waals surface area contributed by atoms with Gasteiger partial charge in [-0.1, -0.05) is 36.4 Å². The van der Waals surface area contributed by atoms with Crippen LogP contribution in [-0.4, -0.2) is 38.6 Å². The number of aromatic nitrogens is 4. The standard InChI is InChI=1S/C23H18BrIN6O/c24-16-13-28-31-21(12-19(30-22(16)31)15-6-2-3-7-17(15)25)26-9-10-27-23(32)20-11-14-5-1-4-8-18(14)29-20/h1-8,11-13,26,29H,9-10H2,(H,27,32). The summed E-state index contributed by atoms with van der Waals surface area (Å²) in [4.78, 5) is 20.4. The Labute approximate surface area is 205 Å². The van der Waals surface area contributed by atoms with Crippen molar-refractivity contribution in [1.82, 2.24) is 24.9 Å². The summed E-state index contributed by atoms with van der Waals surface area (Å²) in [6.45, 7) is 0.993. The van der Waals surface area contributed by atoms with E-state index in [4.69, 9.17) is 4.98 Å². The van der Waals surface area contributed by atoms with E-state index in [2.05, 4.69) is 71.4 Å². The molecule has 32 heavy (non-hydrogen) atoms. The van der Waals surface area contributed by atoms with Gasteiger partial charge in [0.05, 0.1) is 16.4 Å². The molecular weight excluding hydrogens is 583 g/mol. The SMILES string of the molecule is O=C(NCCNc1cc(-c2ccccc2I)nc2c(Br)cnn12)c1cc2ccccc2[nH]1. The number of amides is 1. The molecule has 3 N–H and O–H groups in total. The molecule has 7 nitrogen and oxygen atoms in total. The number of fused-ring (bicyclic) bond motifs is 2. The van der Waals surface area contributed by atoms with Crippen LogP contribution < -0.4 is 10.6 Å². The minimum atomic E-state index is -0.135.